The van der Waals surface area contributed by atoms with Gasteiger partial charge in [0.1, 0.15) is 5.58 Å². The number of fused-ring (bicyclic) bond motifs is 1. The van der Waals surface area contributed by atoms with Crippen LogP contribution in [-0.4, -0.2) is 14.2 Å². The smallest absolute Gasteiger partial charge is 0.336 e. The van der Waals surface area contributed by atoms with Crippen molar-refractivity contribution in [3.05, 3.63) is 34.2 Å². The summed E-state index contributed by atoms with van der Waals surface area (Å²) in [5, 5.41) is 0.866. The highest BCUT2D eigenvalue weighted by atomic mass is 16.5. The number of rotatable bonds is 2. The zero-order chi connectivity index (χ0) is 14.2. The molecular weight excluding hydrogens is 244 g/mol. The van der Waals surface area contributed by atoms with Crippen LogP contribution in [0.2, 0.25) is 0 Å². The molecule has 1 aromatic carbocycles. The van der Waals surface area contributed by atoms with Gasteiger partial charge in [-0.05, 0) is 17.0 Å². The fraction of sp³-hybridized carbons (Fsp3) is 0.400. The molecule has 0 amide bonds. The lowest BCUT2D eigenvalue weighted by atomic mass is 9.85. The predicted octanol–water partition coefficient (Wildman–Crippen LogP) is 3.11. The predicted molar refractivity (Wildman–Crippen MR) is 74.3 cm³/mol. The summed E-state index contributed by atoms with van der Waals surface area (Å²) in [6.07, 6.45) is 0. The highest BCUT2D eigenvalue weighted by Crippen LogP contribution is 2.36. The third kappa shape index (κ3) is 2.43. The van der Waals surface area contributed by atoms with Gasteiger partial charge in [-0.1, -0.05) is 20.8 Å². The van der Waals surface area contributed by atoms with Crippen molar-refractivity contribution < 1.29 is 13.9 Å². The van der Waals surface area contributed by atoms with E-state index in [1.165, 1.54) is 6.07 Å². The van der Waals surface area contributed by atoms with E-state index in [2.05, 4.69) is 20.8 Å². The molecule has 0 atom stereocenters. The number of benzene rings is 1. The second-order valence-corrected chi connectivity index (χ2v) is 5.43. The molecule has 4 heteroatoms. The molecule has 0 aliphatic carbocycles. The summed E-state index contributed by atoms with van der Waals surface area (Å²) in [6.45, 7) is 6.16. The maximum Gasteiger partial charge on any atom is 0.336 e. The molecule has 0 fully saturated rings. The molecule has 0 unspecified atom stereocenters. The van der Waals surface area contributed by atoms with Gasteiger partial charge in [0.05, 0.1) is 14.2 Å². The molecule has 2 rings (SSSR count). The lowest BCUT2D eigenvalue weighted by molar-refractivity contribution is 0.355. The van der Waals surface area contributed by atoms with Crippen LogP contribution in [0.1, 0.15) is 26.3 Å². The summed E-state index contributed by atoms with van der Waals surface area (Å²) >= 11 is 0. The number of hydrogen-bond donors (Lipinski definition) is 0. The van der Waals surface area contributed by atoms with Crippen LogP contribution >= 0.6 is 0 Å². The Hall–Kier alpha value is -1.97. The molecule has 0 saturated heterocycles. The van der Waals surface area contributed by atoms with E-state index in [1.807, 2.05) is 6.07 Å². The molecule has 0 saturated carbocycles. The van der Waals surface area contributed by atoms with Gasteiger partial charge in [0.25, 0.3) is 0 Å². The van der Waals surface area contributed by atoms with Crippen LogP contribution in [0, 0.1) is 0 Å². The summed E-state index contributed by atoms with van der Waals surface area (Å²) in [5.41, 5.74) is 0.924. The van der Waals surface area contributed by atoms with E-state index in [9.17, 15) is 4.79 Å². The lowest BCUT2D eigenvalue weighted by Gasteiger charge is -2.21. The molecule has 0 N–H and O–H groups in total. The topological polar surface area (TPSA) is 48.7 Å². The van der Waals surface area contributed by atoms with Crippen LogP contribution in [0.5, 0.6) is 11.5 Å². The van der Waals surface area contributed by atoms with E-state index in [-0.39, 0.29) is 11.0 Å². The van der Waals surface area contributed by atoms with E-state index in [1.54, 1.807) is 20.3 Å². The first-order chi connectivity index (χ1) is 8.86. The summed E-state index contributed by atoms with van der Waals surface area (Å²) < 4.78 is 15.8. The first kappa shape index (κ1) is 13.5. The normalized spacial score (nSPS) is 11.6. The Labute approximate surface area is 111 Å². The highest BCUT2D eigenvalue weighted by molar-refractivity contribution is 5.85. The van der Waals surface area contributed by atoms with Gasteiger partial charge in [0.2, 0.25) is 0 Å². The summed E-state index contributed by atoms with van der Waals surface area (Å²) in [5.74, 6) is 1.17. The minimum Gasteiger partial charge on any atom is -0.493 e. The minimum atomic E-state index is -0.357. The Bertz CT molecular complexity index is 662. The zero-order valence-electron chi connectivity index (χ0n) is 11.9. The van der Waals surface area contributed by atoms with Crippen molar-refractivity contribution in [1.82, 2.24) is 0 Å². The molecule has 19 heavy (non-hydrogen) atoms. The number of ether oxygens (including phenoxy) is 2. The molecule has 0 bridgehead atoms. The first-order valence-electron chi connectivity index (χ1n) is 6.07. The standard InChI is InChI=1S/C15H18O4/c1-15(2,3)10-7-14(16)19-11-8-13(18-5)12(17-4)6-9(10)11/h6-8H,1-5H3. The Balaban J connectivity index is 2.87. The lowest BCUT2D eigenvalue weighted by Crippen LogP contribution is -2.15. The van der Waals surface area contributed by atoms with Crippen LogP contribution in [0.4, 0.5) is 0 Å². The van der Waals surface area contributed by atoms with Crippen molar-refractivity contribution >= 4 is 11.0 Å². The summed E-state index contributed by atoms with van der Waals surface area (Å²) in [7, 11) is 3.13. The Morgan fingerprint density at radius 2 is 1.58 bits per heavy atom. The van der Waals surface area contributed by atoms with Crippen molar-refractivity contribution in [2.24, 2.45) is 0 Å². The molecule has 1 heterocycles. The molecule has 0 aliphatic rings. The van der Waals surface area contributed by atoms with Crippen LogP contribution in [0.15, 0.2) is 27.4 Å². The van der Waals surface area contributed by atoms with Crippen molar-refractivity contribution in [3.8, 4) is 11.5 Å². The Morgan fingerprint density at radius 1 is 1.00 bits per heavy atom. The van der Waals surface area contributed by atoms with Crippen LogP contribution in [-0.2, 0) is 5.41 Å². The third-order valence-electron chi connectivity index (χ3n) is 3.06. The van der Waals surface area contributed by atoms with Crippen molar-refractivity contribution in [2.75, 3.05) is 14.2 Å². The molecule has 0 spiro atoms. The monoisotopic (exact) mass is 262 g/mol. The second kappa shape index (κ2) is 4.61. The summed E-state index contributed by atoms with van der Waals surface area (Å²) in [6, 6.07) is 5.07. The second-order valence-electron chi connectivity index (χ2n) is 5.43. The van der Waals surface area contributed by atoms with Crippen molar-refractivity contribution in [2.45, 2.75) is 26.2 Å². The quantitative estimate of drug-likeness (QED) is 0.780. The maximum absolute atomic E-state index is 11.7. The maximum atomic E-state index is 11.7. The SMILES string of the molecule is COc1cc2oc(=O)cc(C(C)(C)C)c2cc1OC. The van der Waals surface area contributed by atoms with Gasteiger partial charge < -0.3 is 13.9 Å². The van der Waals surface area contributed by atoms with E-state index < -0.39 is 0 Å². The van der Waals surface area contributed by atoms with Gasteiger partial charge in [-0.25, -0.2) is 4.79 Å². The van der Waals surface area contributed by atoms with Crippen LogP contribution < -0.4 is 15.1 Å². The number of methoxy groups -OCH3 is 2. The largest absolute Gasteiger partial charge is 0.493 e. The average molecular weight is 262 g/mol. The molecule has 4 nitrogen and oxygen atoms in total. The van der Waals surface area contributed by atoms with E-state index in [0.717, 1.165) is 10.9 Å². The average Bonchev–Trinajstić information content (AvgIpc) is 2.34. The van der Waals surface area contributed by atoms with Crippen molar-refractivity contribution in [3.63, 3.8) is 0 Å². The van der Waals surface area contributed by atoms with E-state index in [0.29, 0.717) is 17.1 Å². The van der Waals surface area contributed by atoms with Gasteiger partial charge in [0, 0.05) is 17.5 Å². The molecule has 102 valence electrons. The third-order valence-corrected chi connectivity index (χ3v) is 3.06. The van der Waals surface area contributed by atoms with Gasteiger partial charge in [0.15, 0.2) is 11.5 Å². The Morgan fingerprint density at radius 3 is 2.11 bits per heavy atom. The van der Waals surface area contributed by atoms with E-state index >= 15 is 0 Å². The highest BCUT2D eigenvalue weighted by Gasteiger charge is 2.20. The fourth-order valence-electron chi connectivity index (χ4n) is 2.11. The fourth-order valence-corrected chi connectivity index (χ4v) is 2.11. The number of hydrogen-bond acceptors (Lipinski definition) is 4. The van der Waals surface area contributed by atoms with Crippen molar-refractivity contribution in [1.29, 1.82) is 0 Å². The van der Waals surface area contributed by atoms with Gasteiger partial charge in [-0.3, -0.25) is 0 Å². The van der Waals surface area contributed by atoms with Crippen LogP contribution in [0.25, 0.3) is 11.0 Å². The zero-order valence-corrected chi connectivity index (χ0v) is 11.9. The van der Waals surface area contributed by atoms with Gasteiger partial charge >= 0.3 is 5.63 Å². The summed E-state index contributed by atoms with van der Waals surface area (Å²) in [4.78, 5) is 11.7. The molecule has 0 aliphatic heterocycles. The first-order valence-corrected chi connectivity index (χ1v) is 6.07. The Kier molecular flexibility index (Phi) is 3.27. The van der Waals surface area contributed by atoms with Gasteiger partial charge in [-0.15, -0.1) is 0 Å². The van der Waals surface area contributed by atoms with Crippen LogP contribution in [0.3, 0.4) is 0 Å². The molecule has 0 radical (unpaired) electrons. The van der Waals surface area contributed by atoms with E-state index in [4.69, 9.17) is 13.9 Å². The molecule has 1 aromatic heterocycles. The molecule has 2 aromatic rings. The minimum absolute atomic E-state index is 0.159. The van der Waals surface area contributed by atoms with Gasteiger partial charge in [-0.2, -0.15) is 0 Å². The molecular formula is C15H18O4.